The van der Waals surface area contributed by atoms with Crippen LogP contribution >= 0.6 is 15.9 Å². The molecule has 88 valence electrons. The maximum absolute atomic E-state index is 11.7. The van der Waals surface area contributed by atoms with Gasteiger partial charge in [-0.25, -0.2) is 0 Å². The van der Waals surface area contributed by atoms with Gasteiger partial charge in [0.15, 0.2) is 0 Å². The third-order valence-electron chi connectivity index (χ3n) is 2.51. The van der Waals surface area contributed by atoms with Crippen molar-refractivity contribution in [3.63, 3.8) is 0 Å². The zero-order valence-electron chi connectivity index (χ0n) is 9.46. The van der Waals surface area contributed by atoms with Gasteiger partial charge in [0.2, 0.25) is 5.91 Å². The van der Waals surface area contributed by atoms with Crippen molar-refractivity contribution in [1.82, 2.24) is 0 Å². The number of aliphatic hydroxyl groups is 1. The summed E-state index contributed by atoms with van der Waals surface area (Å²) in [7, 11) is 0. The summed E-state index contributed by atoms with van der Waals surface area (Å²) in [6.07, 6.45) is 0.637. The number of rotatable bonds is 4. The molecule has 0 heterocycles. The molecule has 2 N–H and O–H groups in total. The fourth-order valence-electron chi connectivity index (χ4n) is 1.36. The summed E-state index contributed by atoms with van der Waals surface area (Å²) in [6.45, 7) is 3.73. The van der Waals surface area contributed by atoms with Gasteiger partial charge in [-0.05, 0) is 37.1 Å². The molecule has 0 aliphatic carbocycles. The van der Waals surface area contributed by atoms with Gasteiger partial charge in [-0.1, -0.05) is 22.9 Å². The number of carbonyl (C=O) groups excluding carboxylic acids is 1. The summed E-state index contributed by atoms with van der Waals surface area (Å²) in [6, 6.07) is 5.62. The quantitative estimate of drug-likeness (QED) is 0.894. The number of nitrogens with one attached hydrogen (secondary N) is 1. The molecule has 0 spiro atoms. The molecular formula is C12H16BrNO2. The number of amides is 1. The van der Waals surface area contributed by atoms with Crippen LogP contribution < -0.4 is 5.32 Å². The van der Waals surface area contributed by atoms with Crippen LogP contribution in [0.4, 0.5) is 5.69 Å². The minimum absolute atomic E-state index is 0.113. The fraction of sp³-hybridized carbons (Fsp3) is 0.417. The molecule has 1 aromatic carbocycles. The highest BCUT2D eigenvalue weighted by Gasteiger charge is 2.15. The van der Waals surface area contributed by atoms with Crippen molar-refractivity contribution in [3.05, 3.63) is 28.2 Å². The molecule has 0 unspecified atom stereocenters. The van der Waals surface area contributed by atoms with E-state index in [1.807, 2.05) is 32.0 Å². The molecule has 0 radical (unpaired) electrons. The molecule has 1 rings (SSSR count). The number of aryl methyl sites for hydroxylation is 1. The van der Waals surface area contributed by atoms with Gasteiger partial charge in [0.05, 0.1) is 12.5 Å². The van der Waals surface area contributed by atoms with E-state index in [4.69, 9.17) is 5.11 Å². The molecule has 0 aliphatic rings. The molecule has 0 fully saturated rings. The van der Waals surface area contributed by atoms with Crippen LogP contribution in [0.5, 0.6) is 0 Å². The van der Waals surface area contributed by atoms with Gasteiger partial charge in [-0.2, -0.15) is 0 Å². The number of aliphatic hydroxyl groups excluding tert-OH is 1. The summed E-state index contributed by atoms with van der Waals surface area (Å²) in [5.41, 5.74) is 1.83. The van der Waals surface area contributed by atoms with Crippen molar-refractivity contribution in [1.29, 1.82) is 0 Å². The number of hydrogen-bond acceptors (Lipinski definition) is 2. The third-order valence-corrected chi connectivity index (χ3v) is 3.40. The van der Waals surface area contributed by atoms with Crippen molar-refractivity contribution in [3.8, 4) is 0 Å². The molecule has 3 nitrogen and oxygen atoms in total. The normalized spacial score (nSPS) is 12.2. The molecular weight excluding hydrogens is 270 g/mol. The number of halogens is 1. The van der Waals surface area contributed by atoms with Gasteiger partial charge >= 0.3 is 0 Å². The number of benzene rings is 1. The van der Waals surface area contributed by atoms with Gasteiger partial charge in [0, 0.05) is 10.2 Å². The predicted molar refractivity (Wildman–Crippen MR) is 68.4 cm³/mol. The van der Waals surface area contributed by atoms with Crippen molar-refractivity contribution in [2.24, 2.45) is 5.92 Å². The van der Waals surface area contributed by atoms with Gasteiger partial charge in [0.25, 0.3) is 0 Å². The van der Waals surface area contributed by atoms with Crippen LogP contribution in [0, 0.1) is 12.8 Å². The number of carbonyl (C=O) groups is 1. The topological polar surface area (TPSA) is 49.3 Å². The molecule has 0 aliphatic heterocycles. The van der Waals surface area contributed by atoms with E-state index in [1.54, 1.807) is 0 Å². The Labute approximate surface area is 104 Å². The summed E-state index contributed by atoms with van der Waals surface area (Å²) in [5.74, 6) is -0.462. The second-order valence-corrected chi connectivity index (χ2v) is 4.60. The van der Waals surface area contributed by atoms with Crippen molar-refractivity contribution < 1.29 is 9.90 Å². The average molecular weight is 286 g/mol. The summed E-state index contributed by atoms with van der Waals surface area (Å²) < 4.78 is 1.01. The molecule has 0 saturated heterocycles. The lowest BCUT2D eigenvalue weighted by Crippen LogP contribution is -2.25. The summed E-state index contributed by atoms with van der Waals surface area (Å²) in [5, 5.41) is 11.8. The largest absolute Gasteiger partial charge is 0.396 e. The van der Waals surface area contributed by atoms with E-state index in [0.717, 1.165) is 15.7 Å². The maximum atomic E-state index is 11.7. The van der Waals surface area contributed by atoms with E-state index in [0.29, 0.717) is 6.42 Å². The Hall–Kier alpha value is -0.870. The van der Waals surface area contributed by atoms with Gasteiger partial charge in [-0.3, -0.25) is 4.79 Å². The lowest BCUT2D eigenvalue weighted by molar-refractivity contribution is -0.121. The van der Waals surface area contributed by atoms with Crippen LogP contribution in [0.3, 0.4) is 0 Å². The summed E-state index contributed by atoms with van der Waals surface area (Å²) in [4.78, 5) is 11.7. The Balaban J connectivity index is 2.73. The highest BCUT2D eigenvalue weighted by Crippen LogP contribution is 2.20. The first-order valence-electron chi connectivity index (χ1n) is 5.26. The Morgan fingerprint density at radius 2 is 2.25 bits per heavy atom. The zero-order chi connectivity index (χ0) is 12.1. The Bertz CT molecular complexity index is 375. The Morgan fingerprint density at radius 3 is 2.75 bits per heavy atom. The SMILES string of the molecule is CC[C@@H](CO)C(=O)Nc1ccc(Br)c(C)c1. The molecule has 0 bridgehead atoms. The Kier molecular flexibility index (Phi) is 4.96. The first-order valence-corrected chi connectivity index (χ1v) is 6.05. The Morgan fingerprint density at radius 1 is 1.56 bits per heavy atom. The molecule has 1 aromatic rings. The molecule has 16 heavy (non-hydrogen) atoms. The lowest BCUT2D eigenvalue weighted by atomic mass is 10.1. The molecule has 0 aromatic heterocycles. The molecule has 0 saturated carbocycles. The third kappa shape index (κ3) is 3.32. The molecule has 4 heteroatoms. The monoisotopic (exact) mass is 285 g/mol. The minimum Gasteiger partial charge on any atom is -0.396 e. The van der Waals surface area contributed by atoms with Crippen LogP contribution in [0.15, 0.2) is 22.7 Å². The standard InChI is InChI=1S/C12H16BrNO2/c1-3-9(7-15)12(16)14-10-4-5-11(13)8(2)6-10/h4-6,9,15H,3,7H2,1-2H3,(H,14,16)/t9-/m0/s1. The van der Waals surface area contributed by atoms with E-state index in [1.165, 1.54) is 0 Å². The van der Waals surface area contributed by atoms with Crippen LogP contribution in [0.2, 0.25) is 0 Å². The minimum atomic E-state index is -0.330. The molecule has 1 amide bonds. The number of anilines is 1. The van der Waals surface area contributed by atoms with E-state index in [9.17, 15) is 4.79 Å². The fourth-order valence-corrected chi connectivity index (χ4v) is 1.61. The maximum Gasteiger partial charge on any atom is 0.229 e. The van der Waals surface area contributed by atoms with Gasteiger partial charge in [0.1, 0.15) is 0 Å². The van der Waals surface area contributed by atoms with Crippen LogP contribution in [-0.4, -0.2) is 17.6 Å². The van der Waals surface area contributed by atoms with E-state index < -0.39 is 0 Å². The van der Waals surface area contributed by atoms with Crippen molar-refractivity contribution in [2.45, 2.75) is 20.3 Å². The van der Waals surface area contributed by atoms with Crippen LogP contribution in [0.25, 0.3) is 0 Å². The second-order valence-electron chi connectivity index (χ2n) is 3.74. The summed E-state index contributed by atoms with van der Waals surface area (Å²) >= 11 is 3.40. The van der Waals surface area contributed by atoms with E-state index in [-0.39, 0.29) is 18.4 Å². The van der Waals surface area contributed by atoms with E-state index in [2.05, 4.69) is 21.2 Å². The highest BCUT2D eigenvalue weighted by atomic mass is 79.9. The zero-order valence-corrected chi connectivity index (χ0v) is 11.0. The highest BCUT2D eigenvalue weighted by molar-refractivity contribution is 9.10. The molecule has 1 atom stereocenters. The van der Waals surface area contributed by atoms with Gasteiger partial charge in [-0.15, -0.1) is 0 Å². The first kappa shape index (κ1) is 13.2. The average Bonchev–Trinajstić information content (AvgIpc) is 2.25. The van der Waals surface area contributed by atoms with Crippen LogP contribution in [0.1, 0.15) is 18.9 Å². The van der Waals surface area contributed by atoms with Crippen molar-refractivity contribution in [2.75, 3.05) is 11.9 Å². The smallest absolute Gasteiger partial charge is 0.229 e. The predicted octanol–water partition coefficient (Wildman–Crippen LogP) is 2.71. The second kappa shape index (κ2) is 6.01. The first-order chi connectivity index (χ1) is 7.58. The van der Waals surface area contributed by atoms with Crippen LogP contribution in [-0.2, 0) is 4.79 Å². The van der Waals surface area contributed by atoms with Gasteiger partial charge < -0.3 is 10.4 Å². The van der Waals surface area contributed by atoms with E-state index >= 15 is 0 Å². The van der Waals surface area contributed by atoms with Crippen molar-refractivity contribution >= 4 is 27.5 Å². The lowest BCUT2D eigenvalue weighted by Gasteiger charge is -2.12. The number of hydrogen-bond donors (Lipinski definition) is 2.